The number of halogens is 2. The minimum absolute atomic E-state index is 0.129. The van der Waals surface area contributed by atoms with Gasteiger partial charge in [-0.2, -0.15) is 0 Å². The molecule has 0 saturated carbocycles. The van der Waals surface area contributed by atoms with E-state index in [1.807, 2.05) is 0 Å². The van der Waals surface area contributed by atoms with Gasteiger partial charge in [-0.15, -0.1) is 0 Å². The van der Waals surface area contributed by atoms with Crippen LogP contribution in [0, 0.1) is 10.1 Å². The summed E-state index contributed by atoms with van der Waals surface area (Å²) in [4.78, 5) is 10.1. The molecule has 0 aliphatic carbocycles. The lowest BCUT2D eigenvalue weighted by Crippen LogP contribution is -1.98. The Labute approximate surface area is 117 Å². The SMILES string of the molecule is O=[N+]([O-])c1cc(CNc2cccc(Cl)c2Cl)cs1. The van der Waals surface area contributed by atoms with Crippen molar-refractivity contribution in [3.63, 3.8) is 0 Å². The maximum absolute atomic E-state index is 10.5. The standard InChI is InChI=1S/C11H8Cl2N2O2S/c12-8-2-1-3-9(11(8)13)14-5-7-4-10(15(16)17)18-6-7/h1-4,6,14H,5H2. The van der Waals surface area contributed by atoms with Crippen LogP contribution in [0.4, 0.5) is 10.7 Å². The van der Waals surface area contributed by atoms with E-state index in [4.69, 9.17) is 23.2 Å². The van der Waals surface area contributed by atoms with E-state index in [1.54, 1.807) is 23.6 Å². The first-order valence-electron chi connectivity index (χ1n) is 4.97. The second kappa shape index (κ2) is 5.56. The lowest BCUT2D eigenvalue weighted by atomic mass is 10.3. The number of nitrogens with one attached hydrogen (secondary N) is 1. The van der Waals surface area contributed by atoms with E-state index in [-0.39, 0.29) is 5.00 Å². The number of hydrogen-bond acceptors (Lipinski definition) is 4. The third-order valence-electron chi connectivity index (χ3n) is 2.25. The number of rotatable bonds is 4. The molecule has 0 aliphatic heterocycles. The van der Waals surface area contributed by atoms with E-state index in [0.29, 0.717) is 22.3 Å². The van der Waals surface area contributed by atoms with Gasteiger partial charge in [0.15, 0.2) is 0 Å². The Balaban J connectivity index is 2.07. The fraction of sp³-hybridized carbons (Fsp3) is 0.0909. The predicted molar refractivity (Wildman–Crippen MR) is 74.8 cm³/mol. The Morgan fingerprint density at radius 1 is 1.39 bits per heavy atom. The largest absolute Gasteiger partial charge is 0.380 e. The van der Waals surface area contributed by atoms with Crippen LogP contribution in [0.15, 0.2) is 29.6 Å². The molecule has 7 heteroatoms. The Hall–Kier alpha value is -1.30. The van der Waals surface area contributed by atoms with Gasteiger partial charge in [0.2, 0.25) is 0 Å². The lowest BCUT2D eigenvalue weighted by molar-refractivity contribution is -0.380. The zero-order valence-electron chi connectivity index (χ0n) is 9.02. The molecule has 1 heterocycles. The molecule has 1 N–H and O–H groups in total. The number of benzene rings is 1. The molecule has 2 rings (SSSR count). The second-order valence-corrected chi connectivity index (χ2v) is 5.18. The third-order valence-corrected chi connectivity index (χ3v) is 4.00. The highest BCUT2D eigenvalue weighted by molar-refractivity contribution is 7.13. The molecule has 1 aromatic heterocycles. The van der Waals surface area contributed by atoms with Crippen molar-refractivity contribution < 1.29 is 4.92 Å². The predicted octanol–water partition coefficient (Wildman–Crippen LogP) is 4.58. The van der Waals surface area contributed by atoms with Gasteiger partial charge in [0, 0.05) is 18.0 Å². The third kappa shape index (κ3) is 2.93. The molecular formula is C11H8Cl2N2O2S. The Morgan fingerprint density at radius 3 is 2.83 bits per heavy atom. The van der Waals surface area contributed by atoms with Crippen LogP contribution in [0.25, 0.3) is 0 Å². The smallest absolute Gasteiger partial charge is 0.324 e. The van der Waals surface area contributed by atoms with E-state index in [9.17, 15) is 10.1 Å². The molecule has 0 saturated heterocycles. The van der Waals surface area contributed by atoms with Crippen LogP contribution in [0.5, 0.6) is 0 Å². The molecule has 94 valence electrons. The van der Waals surface area contributed by atoms with Crippen LogP contribution in [0.1, 0.15) is 5.56 Å². The molecule has 0 atom stereocenters. The Morgan fingerprint density at radius 2 is 2.17 bits per heavy atom. The molecule has 0 aliphatic rings. The number of hydrogen-bond donors (Lipinski definition) is 1. The van der Waals surface area contributed by atoms with Crippen LogP contribution < -0.4 is 5.32 Å². The lowest BCUT2D eigenvalue weighted by Gasteiger charge is -2.07. The van der Waals surface area contributed by atoms with E-state index < -0.39 is 4.92 Å². The van der Waals surface area contributed by atoms with Crippen LogP contribution in [-0.4, -0.2) is 4.92 Å². The average Bonchev–Trinajstić information content (AvgIpc) is 2.80. The highest BCUT2D eigenvalue weighted by Gasteiger charge is 2.10. The topological polar surface area (TPSA) is 55.2 Å². The summed E-state index contributed by atoms with van der Waals surface area (Å²) in [6, 6.07) is 6.82. The van der Waals surface area contributed by atoms with Crippen LogP contribution >= 0.6 is 34.5 Å². The van der Waals surface area contributed by atoms with Gasteiger partial charge in [-0.1, -0.05) is 40.6 Å². The molecule has 0 bridgehead atoms. The first-order valence-corrected chi connectivity index (χ1v) is 6.61. The van der Waals surface area contributed by atoms with Gasteiger partial charge in [0.25, 0.3) is 0 Å². The first kappa shape index (κ1) is 13.1. The van der Waals surface area contributed by atoms with Gasteiger partial charge in [-0.25, -0.2) is 0 Å². The summed E-state index contributed by atoms with van der Waals surface area (Å²) in [5.74, 6) is 0. The fourth-order valence-electron chi connectivity index (χ4n) is 1.39. The highest BCUT2D eigenvalue weighted by atomic mass is 35.5. The summed E-state index contributed by atoms with van der Waals surface area (Å²) in [6.07, 6.45) is 0. The van der Waals surface area contributed by atoms with Gasteiger partial charge in [0.1, 0.15) is 0 Å². The monoisotopic (exact) mass is 302 g/mol. The Bertz CT molecular complexity index is 586. The van der Waals surface area contributed by atoms with Crippen LogP contribution in [0.3, 0.4) is 0 Å². The van der Waals surface area contributed by atoms with Gasteiger partial charge < -0.3 is 5.32 Å². The number of nitro groups is 1. The fourth-order valence-corrected chi connectivity index (χ4v) is 2.49. The summed E-state index contributed by atoms with van der Waals surface area (Å²) >= 11 is 13.0. The zero-order chi connectivity index (χ0) is 13.1. The maximum Gasteiger partial charge on any atom is 0.324 e. The molecule has 0 amide bonds. The molecule has 0 unspecified atom stereocenters. The summed E-state index contributed by atoms with van der Waals surface area (Å²) in [6.45, 7) is 0.463. The molecule has 18 heavy (non-hydrogen) atoms. The summed E-state index contributed by atoms with van der Waals surface area (Å²) in [7, 11) is 0. The van der Waals surface area contributed by atoms with Gasteiger partial charge >= 0.3 is 5.00 Å². The molecular weight excluding hydrogens is 295 g/mol. The Kier molecular flexibility index (Phi) is 4.06. The molecule has 1 aromatic carbocycles. The van der Waals surface area contributed by atoms with Crippen molar-refractivity contribution in [3.05, 3.63) is 55.4 Å². The van der Waals surface area contributed by atoms with Crippen molar-refractivity contribution in [1.82, 2.24) is 0 Å². The number of anilines is 1. The maximum atomic E-state index is 10.5. The van der Waals surface area contributed by atoms with E-state index >= 15 is 0 Å². The quantitative estimate of drug-likeness (QED) is 0.664. The summed E-state index contributed by atoms with van der Waals surface area (Å²) in [5, 5.41) is 16.4. The normalized spacial score (nSPS) is 10.3. The minimum atomic E-state index is -0.402. The van der Waals surface area contributed by atoms with Crippen molar-refractivity contribution in [1.29, 1.82) is 0 Å². The number of nitrogens with zero attached hydrogens (tertiary/aromatic N) is 1. The van der Waals surface area contributed by atoms with E-state index in [1.165, 1.54) is 6.07 Å². The molecule has 0 fully saturated rings. The van der Waals surface area contributed by atoms with Crippen LogP contribution in [0.2, 0.25) is 10.0 Å². The molecule has 4 nitrogen and oxygen atoms in total. The van der Waals surface area contributed by atoms with Crippen molar-refractivity contribution in [3.8, 4) is 0 Å². The molecule has 0 spiro atoms. The van der Waals surface area contributed by atoms with E-state index in [2.05, 4.69) is 5.32 Å². The molecule has 2 aromatic rings. The van der Waals surface area contributed by atoms with E-state index in [0.717, 1.165) is 16.9 Å². The number of thiophene rings is 1. The summed E-state index contributed by atoms with van der Waals surface area (Å²) in [5.41, 5.74) is 1.54. The van der Waals surface area contributed by atoms with Gasteiger partial charge in [0.05, 0.1) is 20.7 Å². The zero-order valence-corrected chi connectivity index (χ0v) is 11.4. The second-order valence-electron chi connectivity index (χ2n) is 3.51. The van der Waals surface area contributed by atoms with Crippen LogP contribution in [-0.2, 0) is 6.54 Å². The average molecular weight is 303 g/mol. The summed E-state index contributed by atoms with van der Waals surface area (Å²) < 4.78 is 0. The first-order chi connectivity index (χ1) is 8.58. The van der Waals surface area contributed by atoms with Crippen molar-refractivity contribution >= 4 is 45.2 Å². The molecule has 0 radical (unpaired) electrons. The van der Waals surface area contributed by atoms with Crippen molar-refractivity contribution in [2.75, 3.05) is 5.32 Å². The highest BCUT2D eigenvalue weighted by Crippen LogP contribution is 2.30. The van der Waals surface area contributed by atoms with Gasteiger partial charge in [-0.05, 0) is 17.7 Å². The minimum Gasteiger partial charge on any atom is -0.380 e. The van der Waals surface area contributed by atoms with Crippen molar-refractivity contribution in [2.24, 2.45) is 0 Å². The van der Waals surface area contributed by atoms with Gasteiger partial charge in [-0.3, -0.25) is 10.1 Å². The van der Waals surface area contributed by atoms with Crippen molar-refractivity contribution in [2.45, 2.75) is 6.54 Å².